The monoisotopic (exact) mass is 267 g/mol. The van der Waals surface area contributed by atoms with Crippen LogP contribution in [0.2, 0.25) is 5.02 Å². The molecule has 1 atom stereocenters. The van der Waals surface area contributed by atoms with Gasteiger partial charge in [0.05, 0.1) is 12.7 Å². The van der Waals surface area contributed by atoms with Gasteiger partial charge in [0.25, 0.3) is 0 Å². The van der Waals surface area contributed by atoms with E-state index in [1.54, 1.807) is 0 Å². The third-order valence-corrected chi connectivity index (χ3v) is 3.44. The maximum absolute atomic E-state index is 6.04. The van der Waals surface area contributed by atoms with Crippen LogP contribution in [-0.2, 0) is 4.74 Å². The normalized spacial score (nSPS) is 17.1. The van der Waals surface area contributed by atoms with Crippen molar-refractivity contribution in [2.75, 3.05) is 13.2 Å². The molecule has 1 saturated carbocycles. The van der Waals surface area contributed by atoms with Gasteiger partial charge >= 0.3 is 0 Å². The second-order valence-electron chi connectivity index (χ2n) is 5.38. The van der Waals surface area contributed by atoms with Gasteiger partial charge in [0.1, 0.15) is 0 Å². The minimum absolute atomic E-state index is 0.130. The molecule has 3 heteroatoms. The highest BCUT2D eigenvalue weighted by Gasteiger charge is 2.23. The molecule has 1 N–H and O–H groups in total. The quantitative estimate of drug-likeness (QED) is 0.811. The molecule has 1 aliphatic rings. The van der Waals surface area contributed by atoms with Crippen LogP contribution in [-0.4, -0.2) is 19.2 Å². The van der Waals surface area contributed by atoms with E-state index >= 15 is 0 Å². The molecule has 0 bridgehead atoms. The first-order chi connectivity index (χ1) is 8.65. The fourth-order valence-corrected chi connectivity index (χ4v) is 1.96. The zero-order chi connectivity index (χ0) is 13.0. The van der Waals surface area contributed by atoms with Gasteiger partial charge in [-0.25, -0.2) is 0 Å². The largest absolute Gasteiger partial charge is 0.372 e. The van der Waals surface area contributed by atoms with Crippen LogP contribution in [0.5, 0.6) is 0 Å². The van der Waals surface area contributed by atoms with Crippen LogP contribution < -0.4 is 5.32 Å². The highest BCUT2D eigenvalue weighted by atomic mass is 35.5. The van der Waals surface area contributed by atoms with Crippen LogP contribution in [0.1, 0.15) is 38.4 Å². The highest BCUT2D eigenvalue weighted by Crippen LogP contribution is 2.31. The van der Waals surface area contributed by atoms with E-state index in [1.807, 2.05) is 12.1 Å². The molecule has 1 aromatic rings. The van der Waals surface area contributed by atoms with E-state index in [-0.39, 0.29) is 6.10 Å². The highest BCUT2D eigenvalue weighted by molar-refractivity contribution is 6.30. The van der Waals surface area contributed by atoms with Crippen LogP contribution in [0, 0.1) is 5.92 Å². The molecule has 2 nitrogen and oxygen atoms in total. The van der Waals surface area contributed by atoms with Gasteiger partial charge in [0.2, 0.25) is 0 Å². The molecule has 1 fully saturated rings. The summed E-state index contributed by atoms with van der Waals surface area (Å²) in [6, 6.07) is 8.45. The molecule has 100 valence electrons. The molecule has 18 heavy (non-hydrogen) atoms. The lowest BCUT2D eigenvalue weighted by Gasteiger charge is -2.20. The molecule has 0 spiro atoms. The van der Waals surface area contributed by atoms with Gasteiger partial charge in [-0.15, -0.1) is 0 Å². The first-order valence-electron chi connectivity index (χ1n) is 6.75. The first kappa shape index (κ1) is 13.9. The molecule has 0 saturated heterocycles. The van der Waals surface area contributed by atoms with Crippen molar-refractivity contribution in [1.82, 2.24) is 5.32 Å². The first-order valence-corrected chi connectivity index (χ1v) is 7.13. The lowest BCUT2D eigenvalue weighted by Crippen LogP contribution is -2.29. The van der Waals surface area contributed by atoms with E-state index in [1.165, 1.54) is 18.4 Å². The number of hydrogen-bond acceptors (Lipinski definition) is 2. The van der Waals surface area contributed by atoms with Crippen molar-refractivity contribution < 1.29 is 4.74 Å². The number of hydrogen-bond donors (Lipinski definition) is 1. The minimum Gasteiger partial charge on any atom is -0.372 e. The number of nitrogens with one attached hydrogen (secondary N) is 1. The third kappa shape index (κ3) is 4.60. The smallest absolute Gasteiger partial charge is 0.0949 e. The summed E-state index contributed by atoms with van der Waals surface area (Å²) in [5.41, 5.74) is 1.20. The fraction of sp³-hybridized carbons (Fsp3) is 0.600. The summed E-state index contributed by atoms with van der Waals surface area (Å²) in [7, 11) is 0. The van der Waals surface area contributed by atoms with Crippen LogP contribution in [0.4, 0.5) is 0 Å². The van der Waals surface area contributed by atoms with E-state index in [9.17, 15) is 0 Å². The molecule has 1 aliphatic carbocycles. The van der Waals surface area contributed by atoms with E-state index in [0.29, 0.717) is 6.04 Å². The molecule has 0 aromatic heterocycles. The van der Waals surface area contributed by atoms with Crippen molar-refractivity contribution in [3.8, 4) is 0 Å². The molecule has 1 aromatic carbocycles. The lowest BCUT2D eigenvalue weighted by atomic mass is 10.1. The van der Waals surface area contributed by atoms with Gasteiger partial charge in [-0.3, -0.25) is 0 Å². The molecule has 2 rings (SSSR count). The standard InChI is InChI=1S/C15H22ClNO/c1-11(2)17-9-15(18-10-12-3-4-12)13-5-7-14(16)8-6-13/h5-8,11-12,15,17H,3-4,9-10H2,1-2H3. The second kappa shape index (κ2) is 6.55. The van der Waals surface area contributed by atoms with E-state index < -0.39 is 0 Å². The summed E-state index contributed by atoms with van der Waals surface area (Å²) in [4.78, 5) is 0. The number of ether oxygens (including phenoxy) is 1. The van der Waals surface area contributed by atoms with Gasteiger partial charge in [-0.2, -0.15) is 0 Å². The van der Waals surface area contributed by atoms with Crippen LogP contribution in [0.15, 0.2) is 24.3 Å². The summed E-state index contributed by atoms with van der Waals surface area (Å²) in [6.07, 6.45) is 2.78. The predicted molar refractivity (Wildman–Crippen MR) is 76.0 cm³/mol. The molecular weight excluding hydrogens is 246 g/mol. The van der Waals surface area contributed by atoms with Crippen molar-refractivity contribution >= 4 is 11.6 Å². The second-order valence-corrected chi connectivity index (χ2v) is 5.82. The Kier molecular flexibility index (Phi) is 5.04. The Morgan fingerprint density at radius 2 is 1.94 bits per heavy atom. The average molecular weight is 268 g/mol. The SMILES string of the molecule is CC(C)NCC(OCC1CC1)c1ccc(Cl)cc1. The van der Waals surface area contributed by atoms with Crippen molar-refractivity contribution in [2.24, 2.45) is 5.92 Å². The summed E-state index contributed by atoms with van der Waals surface area (Å²) in [5.74, 6) is 0.791. The maximum atomic E-state index is 6.04. The molecular formula is C15H22ClNO. The van der Waals surface area contributed by atoms with Gasteiger partial charge in [0.15, 0.2) is 0 Å². The topological polar surface area (TPSA) is 21.3 Å². The zero-order valence-electron chi connectivity index (χ0n) is 11.2. The van der Waals surface area contributed by atoms with Crippen LogP contribution in [0.25, 0.3) is 0 Å². The van der Waals surface area contributed by atoms with E-state index in [2.05, 4.69) is 31.3 Å². The Morgan fingerprint density at radius 1 is 1.28 bits per heavy atom. The molecule has 1 unspecified atom stereocenters. The Bertz CT molecular complexity index is 353. The Labute approximate surface area is 115 Å². The van der Waals surface area contributed by atoms with Crippen LogP contribution >= 0.6 is 11.6 Å². The number of benzene rings is 1. The molecule has 0 amide bonds. The Morgan fingerprint density at radius 3 is 2.50 bits per heavy atom. The van der Waals surface area contributed by atoms with Crippen molar-refractivity contribution in [3.63, 3.8) is 0 Å². The van der Waals surface area contributed by atoms with Gasteiger partial charge in [0, 0.05) is 17.6 Å². The van der Waals surface area contributed by atoms with Gasteiger partial charge < -0.3 is 10.1 Å². The molecule has 0 aliphatic heterocycles. The number of halogens is 1. The lowest BCUT2D eigenvalue weighted by molar-refractivity contribution is 0.0440. The van der Waals surface area contributed by atoms with Gasteiger partial charge in [-0.05, 0) is 36.5 Å². The van der Waals surface area contributed by atoms with E-state index in [0.717, 1.165) is 24.1 Å². The summed E-state index contributed by atoms with van der Waals surface area (Å²) < 4.78 is 6.04. The molecule has 0 heterocycles. The Hall–Kier alpha value is -0.570. The van der Waals surface area contributed by atoms with Crippen molar-refractivity contribution in [3.05, 3.63) is 34.9 Å². The van der Waals surface area contributed by atoms with E-state index in [4.69, 9.17) is 16.3 Å². The summed E-state index contributed by atoms with van der Waals surface area (Å²) in [6.45, 7) is 6.04. The summed E-state index contributed by atoms with van der Waals surface area (Å²) >= 11 is 5.92. The van der Waals surface area contributed by atoms with Crippen LogP contribution in [0.3, 0.4) is 0 Å². The summed E-state index contributed by atoms with van der Waals surface area (Å²) in [5, 5.41) is 4.22. The third-order valence-electron chi connectivity index (χ3n) is 3.18. The van der Waals surface area contributed by atoms with Crippen molar-refractivity contribution in [1.29, 1.82) is 0 Å². The molecule has 0 radical (unpaired) electrons. The minimum atomic E-state index is 0.130. The Balaban J connectivity index is 1.94. The van der Waals surface area contributed by atoms with Crippen molar-refractivity contribution in [2.45, 2.75) is 38.8 Å². The fourth-order valence-electron chi connectivity index (χ4n) is 1.83. The number of rotatable bonds is 7. The maximum Gasteiger partial charge on any atom is 0.0949 e. The average Bonchev–Trinajstić information content (AvgIpc) is 3.14. The predicted octanol–water partition coefficient (Wildman–Crippen LogP) is 3.81. The van der Waals surface area contributed by atoms with Gasteiger partial charge in [-0.1, -0.05) is 37.6 Å². The zero-order valence-corrected chi connectivity index (χ0v) is 11.9.